The van der Waals surface area contributed by atoms with Crippen molar-refractivity contribution in [3.8, 4) is 0 Å². The molecular formula is C10H8N2O. The zero-order valence-electron chi connectivity index (χ0n) is 6.97. The van der Waals surface area contributed by atoms with Gasteiger partial charge >= 0.3 is 0 Å². The van der Waals surface area contributed by atoms with E-state index in [9.17, 15) is 4.79 Å². The van der Waals surface area contributed by atoms with Crippen LogP contribution >= 0.6 is 0 Å². The van der Waals surface area contributed by atoms with Crippen molar-refractivity contribution >= 4 is 5.91 Å². The van der Waals surface area contributed by atoms with Crippen LogP contribution in [0.3, 0.4) is 0 Å². The van der Waals surface area contributed by atoms with Gasteiger partial charge in [0, 0.05) is 12.0 Å². The zero-order valence-corrected chi connectivity index (χ0v) is 6.97. The molecule has 1 heterocycles. The van der Waals surface area contributed by atoms with Crippen LogP contribution in [0.1, 0.15) is 5.56 Å². The molecule has 0 spiro atoms. The quantitative estimate of drug-likeness (QED) is 0.673. The van der Waals surface area contributed by atoms with Gasteiger partial charge in [0.05, 0.1) is 6.20 Å². The summed E-state index contributed by atoms with van der Waals surface area (Å²) in [7, 11) is 0. The van der Waals surface area contributed by atoms with Crippen LogP contribution in [0.25, 0.3) is 0 Å². The van der Waals surface area contributed by atoms with Gasteiger partial charge in [-0.2, -0.15) is 5.11 Å². The van der Waals surface area contributed by atoms with Crippen molar-refractivity contribution in [3.63, 3.8) is 0 Å². The summed E-state index contributed by atoms with van der Waals surface area (Å²) in [6.45, 7) is 0. The number of hydrogen-bond donors (Lipinski definition) is 0. The van der Waals surface area contributed by atoms with Gasteiger partial charge in [-0.3, -0.25) is 4.79 Å². The topological polar surface area (TPSA) is 41.8 Å². The molecule has 2 rings (SSSR count). The van der Waals surface area contributed by atoms with Crippen molar-refractivity contribution in [3.05, 3.63) is 47.7 Å². The zero-order chi connectivity index (χ0) is 9.10. The normalized spacial score (nSPS) is 14.8. The largest absolute Gasteiger partial charge is 0.293 e. The molecule has 0 saturated carbocycles. The van der Waals surface area contributed by atoms with E-state index in [1.807, 2.05) is 30.3 Å². The molecule has 1 aromatic carbocycles. The summed E-state index contributed by atoms with van der Waals surface area (Å²) in [4.78, 5) is 11.0. The molecule has 0 fully saturated rings. The number of carbonyl (C=O) groups is 1. The monoisotopic (exact) mass is 172 g/mol. The molecule has 13 heavy (non-hydrogen) atoms. The fourth-order valence-corrected chi connectivity index (χ4v) is 1.21. The molecule has 0 unspecified atom stereocenters. The summed E-state index contributed by atoms with van der Waals surface area (Å²) >= 11 is 0. The molecule has 1 aliphatic rings. The molecule has 0 atom stereocenters. The van der Waals surface area contributed by atoms with Crippen LogP contribution in [0.5, 0.6) is 0 Å². The van der Waals surface area contributed by atoms with Crippen LogP contribution in [0.4, 0.5) is 0 Å². The molecule has 0 saturated heterocycles. The lowest BCUT2D eigenvalue weighted by Gasteiger charge is -1.97. The summed E-state index contributed by atoms with van der Waals surface area (Å²) in [5, 5.41) is 6.96. The van der Waals surface area contributed by atoms with Gasteiger partial charge in [-0.05, 0) is 5.56 Å². The summed E-state index contributed by atoms with van der Waals surface area (Å²) in [5.41, 5.74) is 1.76. The third-order valence-corrected chi connectivity index (χ3v) is 1.87. The van der Waals surface area contributed by atoms with E-state index in [4.69, 9.17) is 0 Å². The predicted molar refractivity (Wildman–Crippen MR) is 48.1 cm³/mol. The highest BCUT2D eigenvalue weighted by Gasteiger charge is 2.12. The number of hydrogen-bond acceptors (Lipinski definition) is 2. The molecule has 3 nitrogen and oxygen atoms in total. The molecule has 3 heteroatoms. The number of nitrogens with zero attached hydrogens (tertiary/aromatic N) is 2. The van der Waals surface area contributed by atoms with Crippen molar-refractivity contribution in [2.45, 2.75) is 6.42 Å². The lowest BCUT2D eigenvalue weighted by atomic mass is 10.1. The van der Waals surface area contributed by atoms with E-state index in [0.717, 1.165) is 5.56 Å². The van der Waals surface area contributed by atoms with Crippen molar-refractivity contribution in [2.75, 3.05) is 0 Å². The highest BCUT2D eigenvalue weighted by Crippen LogP contribution is 2.13. The second-order valence-corrected chi connectivity index (χ2v) is 2.84. The summed E-state index contributed by atoms with van der Waals surface area (Å²) in [6.07, 6.45) is 2.14. The lowest BCUT2D eigenvalue weighted by Crippen LogP contribution is -1.97. The Bertz CT molecular complexity index is 379. The van der Waals surface area contributed by atoms with Crippen LogP contribution in [0.2, 0.25) is 0 Å². The molecule has 64 valence electrons. The van der Waals surface area contributed by atoms with Gasteiger partial charge in [0.1, 0.15) is 0 Å². The second kappa shape index (κ2) is 3.31. The van der Waals surface area contributed by atoms with Crippen LogP contribution < -0.4 is 0 Å². The number of benzene rings is 1. The highest BCUT2D eigenvalue weighted by molar-refractivity contribution is 5.95. The van der Waals surface area contributed by atoms with E-state index in [2.05, 4.69) is 10.2 Å². The predicted octanol–water partition coefficient (Wildman–Crippen LogP) is 2.11. The Morgan fingerprint density at radius 1 is 1.15 bits per heavy atom. The molecular weight excluding hydrogens is 164 g/mol. The van der Waals surface area contributed by atoms with E-state index in [-0.39, 0.29) is 5.91 Å². The fourth-order valence-electron chi connectivity index (χ4n) is 1.21. The van der Waals surface area contributed by atoms with E-state index >= 15 is 0 Å². The molecule has 1 amide bonds. The van der Waals surface area contributed by atoms with Crippen LogP contribution in [-0.2, 0) is 11.2 Å². The van der Waals surface area contributed by atoms with E-state index < -0.39 is 0 Å². The Morgan fingerprint density at radius 3 is 2.54 bits per heavy atom. The lowest BCUT2D eigenvalue weighted by molar-refractivity contribution is -0.114. The maximum absolute atomic E-state index is 11.0. The molecule has 1 aliphatic heterocycles. The van der Waals surface area contributed by atoms with E-state index in [1.54, 1.807) is 0 Å². The molecule has 0 aliphatic carbocycles. The standard InChI is InChI=1S/C10H8N2O/c13-10-9(7-11-12-10)6-8-4-2-1-3-5-8/h1-5,7H,6H2. The average molecular weight is 172 g/mol. The number of rotatable bonds is 2. The Hall–Kier alpha value is -1.77. The molecule has 0 bridgehead atoms. The van der Waals surface area contributed by atoms with Gasteiger partial charge in [-0.25, -0.2) is 0 Å². The number of amides is 1. The molecule has 1 aromatic rings. The highest BCUT2D eigenvalue weighted by atomic mass is 16.2. The second-order valence-electron chi connectivity index (χ2n) is 2.84. The first-order valence-electron chi connectivity index (χ1n) is 4.04. The SMILES string of the molecule is O=C1N=NC=C1Cc1ccccc1. The minimum atomic E-state index is -0.219. The summed E-state index contributed by atoms with van der Waals surface area (Å²) in [6, 6.07) is 9.80. The minimum Gasteiger partial charge on any atom is -0.265 e. The maximum Gasteiger partial charge on any atom is 0.293 e. The average Bonchev–Trinajstić information content (AvgIpc) is 2.54. The number of carbonyl (C=O) groups excluding carboxylic acids is 1. The first-order valence-corrected chi connectivity index (χ1v) is 4.04. The Labute approximate surface area is 75.8 Å². The smallest absolute Gasteiger partial charge is 0.265 e. The summed E-state index contributed by atoms with van der Waals surface area (Å²) < 4.78 is 0. The van der Waals surface area contributed by atoms with Crippen molar-refractivity contribution in [2.24, 2.45) is 10.2 Å². The van der Waals surface area contributed by atoms with E-state index in [0.29, 0.717) is 12.0 Å². The molecule has 0 aromatic heterocycles. The van der Waals surface area contributed by atoms with Crippen molar-refractivity contribution in [1.82, 2.24) is 0 Å². The van der Waals surface area contributed by atoms with Crippen LogP contribution in [0, 0.1) is 0 Å². The van der Waals surface area contributed by atoms with E-state index in [1.165, 1.54) is 6.20 Å². The summed E-state index contributed by atoms with van der Waals surface area (Å²) in [5.74, 6) is -0.219. The fraction of sp³-hybridized carbons (Fsp3) is 0.100. The molecule has 0 N–H and O–H groups in total. The van der Waals surface area contributed by atoms with Gasteiger partial charge in [0.15, 0.2) is 0 Å². The minimum absolute atomic E-state index is 0.219. The van der Waals surface area contributed by atoms with Gasteiger partial charge in [-0.1, -0.05) is 30.3 Å². The Kier molecular flexibility index (Phi) is 2.00. The van der Waals surface area contributed by atoms with Crippen LogP contribution in [-0.4, -0.2) is 5.91 Å². The van der Waals surface area contributed by atoms with Gasteiger partial charge < -0.3 is 0 Å². The third-order valence-electron chi connectivity index (χ3n) is 1.87. The first-order chi connectivity index (χ1) is 6.36. The first kappa shape index (κ1) is 7.86. The van der Waals surface area contributed by atoms with Gasteiger partial charge in [-0.15, -0.1) is 5.11 Å². The number of azo groups is 1. The molecule has 0 radical (unpaired) electrons. The Balaban J connectivity index is 2.12. The van der Waals surface area contributed by atoms with Crippen molar-refractivity contribution in [1.29, 1.82) is 0 Å². The van der Waals surface area contributed by atoms with Gasteiger partial charge in [0.25, 0.3) is 5.91 Å². The Morgan fingerprint density at radius 2 is 1.92 bits per heavy atom. The van der Waals surface area contributed by atoms with Crippen molar-refractivity contribution < 1.29 is 4.79 Å². The third kappa shape index (κ3) is 1.69. The maximum atomic E-state index is 11.0. The van der Waals surface area contributed by atoms with Gasteiger partial charge in [0.2, 0.25) is 0 Å². The van der Waals surface area contributed by atoms with Crippen LogP contribution in [0.15, 0.2) is 52.3 Å².